The van der Waals surface area contributed by atoms with Gasteiger partial charge in [-0.2, -0.15) is 0 Å². The largest absolute Gasteiger partial charge is 0.436 e. The summed E-state index contributed by atoms with van der Waals surface area (Å²) in [6.07, 6.45) is 1.65. The van der Waals surface area contributed by atoms with Crippen molar-refractivity contribution in [3.05, 3.63) is 64.2 Å². The minimum Gasteiger partial charge on any atom is -0.436 e. The van der Waals surface area contributed by atoms with E-state index >= 15 is 0 Å². The summed E-state index contributed by atoms with van der Waals surface area (Å²) < 4.78 is 6.65. The first kappa shape index (κ1) is 12.5. The summed E-state index contributed by atoms with van der Waals surface area (Å²) in [5.41, 5.74) is 0. The van der Waals surface area contributed by atoms with Gasteiger partial charge in [0.05, 0.1) is 4.47 Å². The Kier molecular flexibility index (Phi) is 3.40. The van der Waals surface area contributed by atoms with Crippen LogP contribution in [0.3, 0.4) is 0 Å². The second-order valence-electron chi connectivity index (χ2n) is 3.99. The normalized spacial score (nSPS) is 10.6. The summed E-state index contributed by atoms with van der Waals surface area (Å²) in [5.74, 6) is 1.10. The minimum atomic E-state index is 0.403. The number of ether oxygens (including phenoxy) is 1. The van der Waals surface area contributed by atoms with Crippen LogP contribution in [0.2, 0.25) is 5.02 Å². The smallest absolute Gasteiger partial charge is 0.238 e. The van der Waals surface area contributed by atoms with Gasteiger partial charge >= 0.3 is 0 Å². The number of hydrogen-bond donors (Lipinski definition) is 0. The van der Waals surface area contributed by atoms with Gasteiger partial charge < -0.3 is 4.74 Å². The Hall–Kier alpha value is -1.58. The van der Waals surface area contributed by atoms with Crippen molar-refractivity contribution in [3.8, 4) is 11.6 Å². The average Bonchev–Trinajstić information content (AvgIpc) is 2.44. The van der Waals surface area contributed by atoms with Crippen molar-refractivity contribution in [2.75, 3.05) is 0 Å². The summed E-state index contributed by atoms with van der Waals surface area (Å²) in [6.45, 7) is 0. The third kappa shape index (κ3) is 2.44. The maximum atomic E-state index is 6.04. The summed E-state index contributed by atoms with van der Waals surface area (Å²) in [7, 11) is 0. The predicted octanol–water partition coefficient (Wildman–Crippen LogP) is 5.44. The van der Waals surface area contributed by atoms with Crippen LogP contribution in [0.5, 0.6) is 11.6 Å². The number of pyridine rings is 1. The number of fused-ring (bicyclic) bond motifs is 1. The van der Waals surface area contributed by atoms with E-state index in [1.165, 1.54) is 0 Å². The Labute approximate surface area is 124 Å². The van der Waals surface area contributed by atoms with E-state index in [4.69, 9.17) is 16.3 Å². The van der Waals surface area contributed by atoms with Crippen LogP contribution in [-0.4, -0.2) is 4.98 Å². The van der Waals surface area contributed by atoms with Gasteiger partial charge in [-0.25, -0.2) is 4.98 Å². The number of benzene rings is 2. The number of aromatic nitrogens is 1. The van der Waals surface area contributed by atoms with Crippen molar-refractivity contribution in [3.63, 3.8) is 0 Å². The topological polar surface area (TPSA) is 22.1 Å². The van der Waals surface area contributed by atoms with Crippen molar-refractivity contribution in [1.29, 1.82) is 0 Å². The lowest BCUT2D eigenvalue weighted by Gasteiger charge is -2.10. The van der Waals surface area contributed by atoms with E-state index in [-0.39, 0.29) is 0 Å². The molecule has 0 aliphatic carbocycles. The molecule has 0 radical (unpaired) electrons. The molecular formula is C15H9BrClNO. The molecule has 0 aliphatic heterocycles. The second-order valence-corrected chi connectivity index (χ2v) is 5.19. The van der Waals surface area contributed by atoms with E-state index in [9.17, 15) is 0 Å². The highest BCUT2D eigenvalue weighted by Crippen LogP contribution is 2.36. The van der Waals surface area contributed by atoms with Gasteiger partial charge in [0.2, 0.25) is 5.88 Å². The molecule has 19 heavy (non-hydrogen) atoms. The van der Waals surface area contributed by atoms with Crippen LogP contribution in [0.1, 0.15) is 0 Å². The standard InChI is InChI=1S/C15H9BrClNO/c16-14-11-5-2-1-4-10(11)7-8-13(14)19-15-12(17)6-3-9-18-15/h1-9H. The molecule has 0 fully saturated rings. The van der Waals surface area contributed by atoms with Crippen molar-refractivity contribution in [1.82, 2.24) is 4.98 Å². The zero-order valence-electron chi connectivity index (χ0n) is 9.81. The Morgan fingerprint density at radius 1 is 1.00 bits per heavy atom. The zero-order valence-corrected chi connectivity index (χ0v) is 12.1. The number of nitrogens with zero attached hydrogens (tertiary/aromatic N) is 1. The summed E-state index contributed by atoms with van der Waals surface area (Å²) >= 11 is 9.61. The monoisotopic (exact) mass is 333 g/mol. The van der Waals surface area contributed by atoms with Crippen LogP contribution in [-0.2, 0) is 0 Å². The fourth-order valence-electron chi connectivity index (χ4n) is 1.84. The van der Waals surface area contributed by atoms with Crippen LogP contribution in [0.25, 0.3) is 10.8 Å². The predicted molar refractivity (Wildman–Crippen MR) is 81.0 cm³/mol. The lowest BCUT2D eigenvalue weighted by molar-refractivity contribution is 0.461. The van der Waals surface area contributed by atoms with Gasteiger partial charge in [-0.3, -0.25) is 0 Å². The van der Waals surface area contributed by atoms with Gasteiger partial charge in [-0.05, 0) is 44.9 Å². The highest BCUT2D eigenvalue weighted by Gasteiger charge is 2.09. The van der Waals surface area contributed by atoms with E-state index in [0.29, 0.717) is 16.7 Å². The van der Waals surface area contributed by atoms with Crippen molar-refractivity contribution < 1.29 is 4.74 Å². The molecular weight excluding hydrogens is 326 g/mol. The van der Waals surface area contributed by atoms with Gasteiger partial charge in [-0.15, -0.1) is 0 Å². The van der Waals surface area contributed by atoms with Gasteiger partial charge in [0.1, 0.15) is 10.8 Å². The van der Waals surface area contributed by atoms with Crippen LogP contribution < -0.4 is 4.74 Å². The number of rotatable bonds is 2. The van der Waals surface area contributed by atoms with Crippen LogP contribution in [0.15, 0.2) is 59.2 Å². The van der Waals surface area contributed by atoms with Crippen LogP contribution >= 0.6 is 27.5 Å². The van der Waals surface area contributed by atoms with Crippen molar-refractivity contribution in [2.45, 2.75) is 0 Å². The Morgan fingerprint density at radius 3 is 2.68 bits per heavy atom. The lowest BCUT2D eigenvalue weighted by Crippen LogP contribution is -1.90. The Morgan fingerprint density at radius 2 is 1.84 bits per heavy atom. The summed E-state index contributed by atoms with van der Waals surface area (Å²) in [5, 5.41) is 2.73. The maximum Gasteiger partial charge on any atom is 0.238 e. The lowest BCUT2D eigenvalue weighted by atomic mass is 10.1. The highest BCUT2D eigenvalue weighted by molar-refractivity contribution is 9.10. The molecule has 0 bridgehead atoms. The summed E-state index contributed by atoms with van der Waals surface area (Å²) in [4.78, 5) is 4.12. The van der Waals surface area contributed by atoms with E-state index in [0.717, 1.165) is 15.2 Å². The number of hydrogen-bond acceptors (Lipinski definition) is 2. The fraction of sp³-hybridized carbons (Fsp3) is 0. The molecule has 0 atom stereocenters. The van der Waals surface area contributed by atoms with E-state index < -0.39 is 0 Å². The first-order valence-corrected chi connectivity index (χ1v) is 6.88. The molecule has 0 saturated carbocycles. The molecule has 94 valence electrons. The van der Waals surface area contributed by atoms with E-state index in [2.05, 4.69) is 27.0 Å². The molecule has 4 heteroatoms. The molecule has 2 aromatic carbocycles. The van der Waals surface area contributed by atoms with Gasteiger partial charge in [-0.1, -0.05) is 41.9 Å². The first-order valence-electron chi connectivity index (χ1n) is 5.71. The van der Waals surface area contributed by atoms with E-state index in [1.54, 1.807) is 18.3 Å². The van der Waals surface area contributed by atoms with Crippen LogP contribution in [0, 0.1) is 0 Å². The minimum absolute atomic E-state index is 0.403. The SMILES string of the molecule is Clc1cccnc1Oc1ccc2ccccc2c1Br. The highest BCUT2D eigenvalue weighted by atomic mass is 79.9. The molecule has 3 aromatic rings. The fourth-order valence-corrected chi connectivity index (χ4v) is 2.58. The Balaban J connectivity index is 2.07. The second kappa shape index (κ2) is 5.19. The maximum absolute atomic E-state index is 6.04. The molecule has 0 amide bonds. The molecule has 1 aromatic heterocycles. The van der Waals surface area contributed by atoms with Crippen molar-refractivity contribution >= 4 is 38.3 Å². The first-order chi connectivity index (χ1) is 9.25. The van der Waals surface area contributed by atoms with Gasteiger partial charge in [0.15, 0.2) is 0 Å². The van der Waals surface area contributed by atoms with Gasteiger partial charge in [0.25, 0.3) is 0 Å². The molecule has 3 rings (SSSR count). The summed E-state index contributed by atoms with van der Waals surface area (Å²) in [6, 6.07) is 15.5. The van der Waals surface area contributed by atoms with E-state index in [1.807, 2.05) is 30.3 Å². The third-order valence-electron chi connectivity index (χ3n) is 2.76. The number of halogens is 2. The average molecular weight is 335 g/mol. The Bertz CT molecular complexity index is 745. The molecule has 0 saturated heterocycles. The molecule has 1 heterocycles. The molecule has 2 nitrogen and oxygen atoms in total. The van der Waals surface area contributed by atoms with Gasteiger partial charge in [0, 0.05) is 6.20 Å². The zero-order chi connectivity index (χ0) is 13.2. The van der Waals surface area contributed by atoms with Crippen LogP contribution in [0.4, 0.5) is 0 Å². The molecule has 0 N–H and O–H groups in total. The quantitative estimate of drug-likeness (QED) is 0.622. The molecule has 0 unspecified atom stereocenters. The third-order valence-corrected chi connectivity index (χ3v) is 3.86. The molecule has 0 aliphatic rings. The van der Waals surface area contributed by atoms with Crippen molar-refractivity contribution in [2.24, 2.45) is 0 Å². The molecule has 0 spiro atoms.